The van der Waals surface area contributed by atoms with E-state index in [1.54, 1.807) is 17.3 Å². The van der Waals surface area contributed by atoms with Crippen molar-refractivity contribution in [2.75, 3.05) is 18.5 Å². The highest BCUT2D eigenvalue weighted by molar-refractivity contribution is 5.89. The molecule has 1 aromatic heterocycles. The van der Waals surface area contributed by atoms with Gasteiger partial charge in [-0.25, -0.2) is 4.79 Å². The van der Waals surface area contributed by atoms with Gasteiger partial charge >= 0.3 is 6.03 Å². The Labute approximate surface area is 117 Å². The van der Waals surface area contributed by atoms with Crippen LogP contribution in [0.3, 0.4) is 0 Å². The van der Waals surface area contributed by atoms with Crippen LogP contribution in [0, 0.1) is 0 Å². The number of amides is 2. The first-order chi connectivity index (χ1) is 9.79. The molecule has 0 bridgehead atoms. The molecule has 2 rings (SSSR count). The van der Waals surface area contributed by atoms with Crippen LogP contribution in [0.1, 0.15) is 5.56 Å². The van der Waals surface area contributed by atoms with E-state index in [-0.39, 0.29) is 19.2 Å². The zero-order valence-corrected chi connectivity index (χ0v) is 11.1. The molecule has 1 heterocycles. The van der Waals surface area contributed by atoms with Gasteiger partial charge in [-0.05, 0) is 23.8 Å². The van der Waals surface area contributed by atoms with Gasteiger partial charge in [0.15, 0.2) is 0 Å². The average molecular weight is 271 g/mol. The van der Waals surface area contributed by atoms with Gasteiger partial charge in [-0.1, -0.05) is 24.3 Å². The Morgan fingerprint density at radius 1 is 1.20 bits per heavy atom. The van der Waals surface area contributed by atoms with Crippen LogP contribution < -0.4 is 5.32 Å². The minimum absolute atomic E-state index is 0.0809. The maximum absolute atomic E-state index is 12.2. The number of urea groups is 1. The van der Waals surface area contributed by atoms with Gasteiger partial charge in [-0.3, -0.25) is 4.98 Å². The first kappa shape index (κ1) is 14.0. The van der Waals surface area contributed by atoms with Crippen LogP contribution in [-0.2, 0) is 6.54 Å². The molecule has 5 heteroatoms. The second-order valence-electron chi connectivity index (χ2n) is 4.30. The first-order valence-electron chi connectivity index (χ1n) is 6.40. The molecule has 1 aromatic carbocycles. The molecular formula is C15H17N3O2. The molecule has 0 aliphatic carbocycles. The lowest BCUT2D eigenvalue weighted by molar-refractivity contribution is 0.185. The summed E-state index contributed by atoms with van der Waals surface area (Å²) in [6, 6.07) is 12.7. The van der Waals surface area contributed by atoms with Crippen molar-refractivity contribution in [3.63, 3.8) is 0 Å². The molecule has 0 spiro atoms. The number of hydrogen-bond acceptors (Lipinski definition) is 3. The Kier molecular flexibility index (Phi) is 5.08. The van der Waals surface area contributed by atoms with E-state index < -0.39 is 0 Å². The maximum Gasteiger partial charge on any atom is 0.322 e. The topological polar surface area (TPSA) is 65.5 Å². The summed E-state index contributed by atoms with van der Waals surface area (Å²) in [7, 11) is 0. The second kappa shape index (κ2) is 7.25. The SMILES string of the molecule is O=C(Nc1ccccc1)N(CCO)Cc1cccnc1. The van der Waals surface area contributed by atoms with Crippen molar-refractivity contribution >= 4 is 11.7 Å². The molecule has 0 radical (unpaired) electrons. The standard InChI is InChI=1S/C15H17N3O2/c19-10-9-18(12-13-5-4-8-16-11-13)15(20)17-14-6-2-1-3-7-14/h1-8,11,19H,9-10,12H2,(H,17,20). The van der Waals surface area contributed by atoms with Crippen molar-refractivity contribution in [3.05, 3.63) is 60.4 Å². The maximum atomic E-state index is 12.2. The lowest BCUT2D eigenvalue weighted by Gasteiger charge is -2.22. The Hall–Kier alpha value is -2.40. The van der Waals surface area contributed by atoms with Crippen molar-refractivity contribution in [2.24, 2.45) is 0 Å². The minimum Gasteiger partial charge on any atom is -0.395 e. The summed E-state index contributed by atoms with van der Waals surface area (Å²) in [5.41, 5.74) is 1.65. The van der Waals surface area contributed by atoms with Gasteiger partial charge < -0.3 is 15.3 Å². The number of nitrogens with one attached hydrogen (secondary N) is 1. The fraction of sp³-hybridized carbons (Fsp3) is 0.200. The molecule has 2 aromatic rings. The second-order valence-corrected chi connectivity index (χ2v) is 4.30. The highest BCUT2D eigenvalue weighted by Gasteiger charge is 2.13. The summed E-state index contributed by atoms with van der Waals surface area (Å²) in [6.07, 6.45) is 3.39. The van der Waals surface area contributed by atoms with Crippen LogP contribution in [0.15, 0.2) is 54.9 Å². The summed E-state index contributed by atoms with van der Waals surface area (Å²) < 4.78 is 0. The lowest BCUT2D eigenvalue weighted by atomic mass is 10.2. The summed E-state index contributed by atoms with van der Waals surface area (Å²) in [5, 5.41) is 11.9. The number of benzene rings is 1. The largest absolute Gasteiger partial charge is 0.395 e. The van der Waals surface area contributed by atoms with Gasteiger partial charge in [0.2, 0.25) is 0 Å². The lowest BCUT2D eigenvalue weighted by Crippen LogP contribution is -2.36. The van der Waals surface area contributed by atoms with Gasteiger partial charge in [0.25, 0.3) is 0 Å². The number of anilines is 1. The molecule has 2 amide bonds. The molecule has 0 fully saturated rings. The third kappa shape index (κ3) is 4.07. The number of carbonyl (C=O) groups excluding carboxylic acids is 1. The van der Waals surface area contributed by atoms with E-state index in [1.807, 2.05) is 42.5 Å². The normalized spacial score (nSPS) is 10.1. The number of aliphatic hydroxyl groups is 1. The predicted molar refractivity (Wildman–Crippen MR) is 77.2 cm³/mol. The third-order valence-corrected chi connectivity index (χ3v) is 2.78. The quantitative estimate of drug-likeness (QED) is 0.875. The van der Waals surface area contributed by atoms with Crippen LogP contribution in [0.5, 0.6) is 0 Å². The van der Waals surface area contributed by atoms with Crippen LogP contribution >= 0.6 is 0 Å². The number of aliphatic hydroxyl groups excluding tert-OH is 1. The fourth-order valence-electron chi connectivity index (χ4n) is 1.81. The molecule has 0 aliphatic heterocycles. The zero-order valence-electron chi connectivity index (χ0n) is 11.1. The molecule has 104 valence electrons. The number of pyridine rings is 1. The van der Waals surface area contributed by atoms with Crippen LogP contribution in [-0.4, -0.2) is 34.2 Å². The average Bonchev–Trinajstić information content (AvgIpc) is 2.49. The monoisotopic (exact) mass is 271 g/mol. The highest BCUT2D eigenvalue weighted by atomic mass is 16.3. The van der Waals surface area contributed by atoms with E-state index in [4.69, 9.17) is 5.11 Å². The molecule has 0 aliphatic rings. The van der Waals surface area contributed by atoms with Crippen LogP contribution in [0.2, 0.25) is 0 Å². The number of rotatable bonds is 5. The van der Waals surface area contributed by atoms with Crippen LogP contribution in [0.4, 0.5) is 10.5 Å². The summed E-state index contributed by atoms with van der Waals surface area (Å²) in [6.45, 7) is 0.600. The summed E-state index contributed by atoms with van der Waals surface area (Å²) >= 11 is 0. The summed E-state index contributed by atoms with van der Waals surface area (Å²) in [5.74, 6) is 0. The highest BCUT2D eigenvalue weighted by Crippen LogP contribution is 2.09. The van der Waals surface area contributed by atoms with Gasteiger partial charge in [-0.15, -0.1) is 0 Å². The molecule has 20 heavy (non-hydrogen) atoms. The van der Waals surface area contributed by atoms with Crippen molar-refractivity contribution in [1.82, 2.24) is 9.88 Å². The van der Waals surface area contributed by atoms with E-state index >= 15 is 0 Å². The van der Waals surface area contributed by atoms with Crippen molar-refractivity contribution in [3.8, 4) is 0 Å². The van der Waals surface area contributed by atoms with Crippen LogP contribution in [0.25, 0.3) is 0 Å². The van der Waals surface area contributed by atoms with E-state index in [0.29, 0.717) is 6.54 Å². The number of carbonyl (C=O) groups is 1. The van der Waals surface area contributed by atoms with Crippen molar-refractivity contribution in [1.29, 1.82) is 0 Å². The van der Waals surface area contributed by atoms with Gasteiger partial charge in [0.05, 0.1) is 6.61 Å². The number of para-hydroxylation sites is 1. The van der Waals surface area contributed by atoms with Crippen molar-refractivity contribution in [2.45, 2.75) is 6.54 Å². The molecule has 2 N–H and O–H groups in total. The first-order valence-corrected chi connectivity index (χ1v) is 6.40. The van der Waals surface area contributed by atoms with E-state index in [1.165, 1.54) is 0 Å². The Morgan fingerprint density at radius 3 is 2.65 bits per heavy atom. The van der Waals surface area contributed by atoms with Gasteiger partial charge in [0, 0.05) is 31.2 Å². The van der Waals surface area contributed by atoms with E-state index in [2.05, 4.69) is 10.3 Å². The minimum atomic E-state index is -0.242. The Bertz CT molecular complexity index is 531. The molecule has 0 atom stereocenters. The Balaban J connectivity index is 2.02. The fourth-order valence-corrected chi connectivity index (χ4v) is 1.81. The molecule has 0 saturated heterocycles. The van der Waals surface area contributed by atoms with Gasteiger partial charge in [-0.2, -0.15) is 0 Å². The molecule has 5 nitrogen and oxygen atoms in total. The number of aromatic nitrogens is 1. The number of nitrogens with zero attached hydrogens (tertiary/aromatic N) is 2. The molecular weight excluding hydrogens is 254 g/mol. The third-order valence-electron chi connectivity index (χ3n) is 2.78. The van der Waals surface area contributed by atoms with Crippen molar-refractivity contribution < 1.29 is 9.90 Å². The Morgan fingerprint density at radius 2 is 2.00 bits per heavy atom. The molecule has 0 saturated carbocycles. The summed E-state index contributed by atoms with van der Waals surface area (Å²) in [4.78, 5) is 17.8. The van der Waals surface area contributed by atoms with E-state index in [9.17, 15) is 4.79 Å². The zero-order chi connectivity index (χ0) is 14.2. The number of hydrogen-bond donors (Lipinski definition) is 2. The van der Waals surface area contributed by atoms with Gasteiger partial charge in [0.1, 0.15) is 0 Å². The predicted octanol–water partition coefficient (Wildman–Crippen LogP) is 2.11. The smallest absolute Gasteiger partial charge is 0.322 e. The van der Waals surface area contributed by atoms with E-state index in [0.717, 1.165) is 11.3 Å². The molecule has 0 unspecified atom stereocenters.